The Bertz CT molecular complexity index is 217. The first-order chi connectivity index (χ1) is 7.00. The summed E-state index contributed by atoms with van der Waals surface area (Å²) in [4.78, 5) is 0. The van der Waals surface area contributed by atoms with E-state index in [2.05, 4.69) is 124 Å². The van der Waals surface area contributed by atoms with E-state index in [-0.39, 0.29) is 0 Å². The fourth-order valence-electron chi connectivity index (χ4n) is 4.65. The molecule has 0 heterocycles. The topological polar surface area (TPSA) is 0 Å². The van der Waals surface area contributed by atoms with E-state index in [4.69, 9.17) is 0 Å². The molecule has 0 spiro atoms. The molecule has 0 nitrogen and oxygen atoms in total. The van der Waals surface area contributed by atoms with Crippen molar-refractivity contribution in [2.75, 3.05) is 0 Å². The molecule has 0 amide bonds. The predicted octanol–water partition coefficient (Wildman–Crippen LogP) is 6.01. The summed E-state index contributed by atoms with van der Waals surface area (Å²) in [5.41, 5.74) is 0. The van der Waals surface area contributed by atoms with Crippen molar-refractivity contribution in [3.63, 3.8) is 0 Å². The van der Waals surface area contributed by atoms with Crippen LogP contribution in [0.5, 0.6) is 0 Å². The highest BCUT2D eigenvalue weighted by Crippen LogP contribution is 2.51. The van der Waals surface area contributed by atoms with Crippen molar-refractivity contribution in [1.82, 2.24) is 0 Å². The minimum atomic E-state index is -1.11. The Morgan fingerprint density at radius 2 is 0.647 bits per heavy atom. The van der Waals surface area contributed by atoms with Gasteiger partial charge in [0, 0.05) is 22.8 Å². The van der Waals surface area contributed by atoms with Crippen molar-refractivity contribution in [2.24, 2.45) is 0 Å². The quantitative estimate of drug-likeness (QED) is 0.198. The van der Waals surface area contributed by atoms with Crippen LogP contribution >= 0.6 is 65.4 Å². The summed E-state index contributed by atoms with van der Waals surface area (Å²) in [5, 5.41) is 0. The fraction of sp³-hybridized carbons (Fsp3) is 1.00. The number of halogens is 3. The molecule has 0 radical (unpaired) electrons. The van der Waals surface area contributed by atoms with Gasteiger partial charge < -0.3 is 0 Å². The number of rotatable bonds is 4. The summed E-state index contributed by atoms with van der Waals surface area (Å²) < 4.78 is -1.11. The molecular weight excluding hydrogens is 629 g/mol. The van der Waals surface area contributed by atoms with Crippen molar-refractivity contribution in [2.45, 2.75) is 58.9 Å². The predicted molar refractivity (Wildman–Crippen MR) is 124 cm³/mol. The molecule has 17 heavy (non-hydrogen) atoms. The lowest BCUT2D eigenvalue weighted by molar-refractivity contribution is 1.76. The molecule has 0 atom stereocenters. The van der Waals surface area contributed by atoms with E-state index in [9.17, 15) is 0 Å². The van der Waals surface area contributed by atoms with E-state index in [0.29, 0.717) is 0 Å². The van der Waals surface area contributed by atoms with Gasteiger partial charge in [0.2, 0.25) is 0.0813 Å². The molecule has 0 aliphatic heterocycles. The average molecular weight is 656 g/mol. The van der Waals surface area contributed by atoms with E-state index in [1.54, 1.807) is 0 Å². The van der Waals surface area contributed by atoms with Crippen molar-refractivity contribution in [3.8, 4) is 0 Å². The highest BCUT2D eigenvalue weighted by atomic mass is 127. The normalized spacial score (nSPS) is 16.2. The maximum absolute atomic E-state index is 2.95. The van der Waals surface area contributed by atoms with E-state index >= 15 is 0 Å². The largest absolute Gasteiger partial charge is 0.235 e. The van der Waals surface area contributed by atoms with Crippen LogP contribution in [0.2, 0.25) is 58.9 Å². The van der Waals surface area contributed by atoms with Gasteiger partial charge in [-0.3, -0.25) is 0 Å². The summed E-state index contributed by atoms with van der Waals surface area (Å²) in [6.07, 6.45) is -1.09. The molecule has 0 aromatic carbocycles. The summed E-state index contributed by atoms with van der Waals surface area (Å²) in [6.45, 7) is 24.3. The van der Waals surface area contributed by atoms with Gasteiger partial charge in [0.05, 0.1) is 6.14 Å². The van der Waals surface area contributed by atoms with E-state index in [1.165, 1.54) is 0 Å². The molecule has 0 aliphatic rings. The van der Waals surface area contributed by atoms with Crippen LogP contribution in [0.3, 0.4) is 0 Å². The molecule has 104 valence electrons. The van der Waals surface area contributed by atoms with Gasteiger partial charge in [-0.1, -0.05) is 124 Å². The lowest BCUT2D eigenvalue weighted by atomic mass is 11.8. The van der Waals surface area contributed by atoms with Gasteiger partial charge in [0.15, 0.2) is 0 Å². The van der Waals surface area contributed by atoms with E-state index < -0.39 is 29.0 Å². The summed E-state index contributed by atoms with van der Waals surface area (Å²) >= 11 is 8.84. The Balaban J connectivity index is 6.37. The van der Waals surface area contributed by atoms with Crippen LogP contribution < -0.4 is 0 Å². The zero-order chi connectivity index (χ0) is 14.5. The van der Waals surface area contributed by atoms with Crippen molar-refractivity contribution < 1.29 is 0 Å². The highest BCUT2D eigenvalue weighted by Gasteiger charge is 2.70. The van der Waals surface area contributed by atoms with Crippen LogP contribution in [0.1, 0.15) is 0 Å². The monoisotopic (exact) mass is 656 g/mol. The molecule has 0 saturated heterocycles. The molecule has 0 fully saturated rings. The van der Waals surface area contributed by atoms with Crippen molar-refractivity contribution >= 4 is 94.4 Å². The molecule has 0 saturated carbocycles. The first-order valence-electron chi connectivity index (χ1n) is 6.07. The second-order valence-electron chi connectivity index (χ2n) is 8.00. The molecule has 0 aliphatic carbocycles. The zero-order valence-electron chi connectivity index (χ0n) is 12.6. The van der Waals surface area contributed by atoms with E-state index in [1.807, 2.05) is 0 Å². The fourth-order valence-corrected chi connectivity index (χ4v) is 322. The Kier molecular flexibility index (Phi) is 6.93. The molecule has 0 unspecified atom stereocenters. The van der Waals surface area contributed by atoms with Gasteiger partial charge in [0.1, 0.15) is 0 Å². The standard InChI is InChI=1S/C9H27I3Si5/c1-13(2,3)17(14(4,5)6,15(7,8)9)16(10,11)12/h1-9H3. The number of hydrogen-bond acceptors (Lipinski definition) is 0. The van der Waals surface area contributed by atoms with Crippen LogP contribution in [0.15, 0.2) is 0 Å². The van der Waals surface area contributed by atoms with Crippen molar-refractivity contribution in [3.05, 3.63) is 0 Å². The minimum Gasteiger partial charge on any atom is -0.0955 e. The Morgan fingerprint density at radius 1 is 0.471 bits per heavy atom. The Hall–Kier alpha value is 3.27. The van der Waals surface area contributed by atoms with Gasteiger partial charge >= 0.3 is 0 Å². The van der Waals surface area contributed by atoms with Gasteiger partial charge in [-0.05, 0) is 0 Å². The lowest BCUT2D eigenvalue weighted by Crippen LogP contribution is -2.89. The van der Waals surface area contributed by atoms with Crippen LogP contribution in [0, 0.1) is 0 Å². The van der Waals surface area contributed by atoms with Crippen LogP contribution in [0.25, 0.3) is 0 Å². The first kappa shape index (κ1) is 20.3. The second-order valence-corrected chi connectivity index (χ2v) is 100. The van der Waals surface area contributed by atoms with Crippen LogP contribution in [0.4, 0.5) is 0 Å². The third-order valence-electron chi connectivity index (χ3n) is 3.80. The summed E-state index contributed by atoms with van der Waals surface area (Å²) in [5.74, 6) is 0. The maximum Gasteiger partial charge on any atom is 0.235 e. The zero-order valence-corrected chi connectivity index (χ0v) is 24.1. The molecule has 0 aromatic rings. The highest BCUT2D eigenvalue weighted by molar-refractivity contribution is 14.4. The Morgan fingerprint density at radius 3 is 0.647 bits per heavy atom. The SMILES string of the molecule is C[Si](C)(C)[Si]([Si](C)(C)C)([Si](C)(C)C)[Si](I)(I)I. The molecule has 8 heteroatoms. The van der Waals surface area contributed by atoms with Gasteiger partial charge in [-0.2, -0.15) is 0 Å². The molecule has 0 N–H and O–H groups in total. The molecule has 0 rings (SSSR count). The van der Waals surface area contributed by atoms with Crippen molar-refractivity contribution in [1.29, 1.82) is 0 Å². The lowest BCUT2D eigenvalue weighted by Gasteiger charge is -2.60. The Labute approximate surface area is 151 Å². The van der Waals surface area contributed by atoms with E-state index in [0.717, 1.165) is 0 Å². The smallest absolute Gasteiger partial charge is 0.0955 e. The average Bonchev–Trinajstić information content (AvgIpc) is 1.67. The maximum atomic E-state index is 2.95. The summed E-state index contributed by atoms with van der Waals surface area (Å²) in [6, 6.07) is 0. The van der Waals surface area contributed by atoms with Gasteiger partial charge in [-0.25, -0.2) is 0 Å². The van der Waals surface area contributed by atoms with Gasteiger partial charge in [-0.15, -0.1) is 0 Å². The first-order valence-corrected chi connectivity index (χ1v) is 33.9. The molecular formula is C9H27I3Si5. The number of hydrogen-bond donors (Lipinski definition) is 0. The van der Waals surface area contributed by atoms with Crippen LogP contribution in [-0.4, -0.2) is 29.0 Å². The van der Waals surface area contributed by atoms with Gasteiger partial charge in [0.25, 0.3) is 0 Å². The molecule has 0 aromatic heterocycles. The van der Waals surface area contributed by atoms with Crippen LogP contribution in [-0.2, 0) is 0 Å². The third-order valence-corrected chi connectivity index (χ3v) is 168. The minimum absolute atomic E-state index is 1.04. The third kappa shape index (κ3) is 3.73. The molecule has 0 bridgehead atoms. The summed E-state index contributed by atoms with van der Waals surface area (Å²) in [7, 11) is -3.12. The second kappa shape index (κ2) is 5.81.